The van der Waals surface area contributed by atoms with Gasteiger partial charge in [-0.25, -0.2) is 4.79 Å². The molecule has 2 rings (SSSR count). The molecule has 2 atom stereocenters. The summed E-state index contributed by atoms with van der Waals surface area (Å²) in [5, 5.41) is 8.97. The van der Waals surface area contributed by atoms with Crippen molar-refractivity contribution in [3.05, 3.63) is 65.7 Å². The minimum absolute atomic E-state index is 0.0729. The van der Waals surface area contributed by atoms with E-state index in [4.69, 9.17) is 9.84 Å². The van der Waals surface area contributed by atoms with E-state index in [0.717, 1.165) is 16.9 Å². The van der Waals surface area contributed by atoms with Gasteiger partial charge in [-0.3, -0.25) is 4.79 Å². The fourth-order valence-electron chi connectivity index (χ4n) is 2.36. The molecule has 5 heteroatoms. The van der Waals surface area contributed by atoms with E-state index in [1.807, 2.05) is 61.5 Å². The number of carboxylic acids is 1. The summed E-state index contributed by atoms with van der Waals surface area (Å²) in [6.07, 6.45) is 0.0825. The number of aliphatic carboxylic acids is 1. The molecule has 2 aromatic carbocycles. The summed E-state index contributed by atoms with van der Waals surface area (Å²) in [4.78, 5) is 24.3. The Bertz CT molecular complexity index is 712. The monoisotopic (exact) mass is 341 g/mol. The lowest BCUT2D eigenvalue weighted by Crippen LogP contribution is -2.41. The van der Waals surface area contributed by atoms with Crippen molar-refractivity contribution >= 4 is 11.9 Å². The Morgan fingerprint density at radius 1 is 1.04 bits per heavy atom. The van der Waals surface area contributed by atoms with E-state index in [1.165, 1.54) is 18.9 Å². The molecule has 0 aromatic heterocycles. The number of rotatable bonds is 7. The van der Waals surface area contributed by atoms with Gasteiger partial charge in [-0.15, -0.1) is 0 Å². The molecule has 25 heavy (non-hydrogen) atoms. The lowest BCUT2D eigenvalue weighted by molar-refractivity contribution is -0.147. The van der Waals surface area contributed by atoms with Crippen LogP contribution in [0.2, 0.25) is 0 Å². The second kappa shape index (κ2) is 8.33. The minimum atomic E-state index is -1.02. The van der Waals surface area contributed by atoms with E-state index < -0.39 is 12.0 Å². The second-order valence-electron chi connectivity index (χ2n) is 6.01. The first-order chi connectivity index (χ1) is 11.9. The fourth-order valence-corrected chi connectivity index (χ4v) is 2.36. The van der Waals surface area contributed by atoms with E-state index in [0.29, 0.717) is 0 Å². The molecule has 1 N–H and O–H groups in total. The molecule has 0 saturated heterocycles. The molecule has 0 fully saturated rings. The van der Waals surface area contributed by atoms with E-state index in [1.54, 1.807) is 0 Å². The van der Waals surface area contributed by atoms with Gasteiger partial charge >= 0.3 is 5.97 Å². The Balaban J connectivity index is 1.95. The molecule has 5 nitrogen and oxygen atoms in total. The maximum absolute atomic E-state index is 12.1. The van der Waals surface area contributed by atoms with Gasteiger partial charge in [-0.2, -0.15) is 0 Å². The summed E-state index contributed by atoms with van der Waals surface area (Å²) in [5.41, 5.74) is 1.90. The zero-order chi connectivity index (χ0) is 18.4. The Hall–Kier alpha value is -2.82. The van der Waals surface area contributed by atoms with E-state index in [2.05, 4.69) is 0 Å². The van der Waals surface area contributed by atoms with E-state index >= 15 is 0 Å². The van der Waals surface area contributed by atoms with Crippen molar-refractivity contribution in [2.75, 3.05) is 7.05 Å². The third-order valence-electron chi connectivity index (χ3n) is 4.19. The molecule has 0 heterocycles. The van der Waals surface area contributed by atoms with Crippen LogP contribution in [-0.2, 0) is 16.0 Å². The lowest BCUT2D eigenvalue weighted by Gasteiger charge is -2.21. The molecule has 0 unspecified atom stereocenters. The molecule has 0 bridgehead atoms. The number of amides is 1. The number of carbonyl (C=O) groups is 2. The summed E-state index contributed by atoms with van der Waals surface area (Å²) in [6.45, 7) is 3.47. The summed E-state index contributed by atoms with van der Waals surface area (Å²) in [5.74, 6) is -0.532. The van der Waals surface area contributed by atoms with Crippen molar-refractivity contribution < 1.29 is 19.4 Å². The number of benzene rings is 2. The molecule has 0 aliphatic carbocycles. The maximum atomic E-state index is 12.1. The smallest absolute Gasteiger partial charge is 0.326 e. The van der Waals surface area contributed by atoms with Crippen molar-refractivity contribution in [1.29, 1.82) is 0 Å². The van der Waals surface area contributed by atoms with Gasteiger partial charge in [-0.1, -0.05) is 42.5 Å². The van der Waals surface area contributed by atoms with E-state index in [-0.39, 0.29) is 18.4 Å². The van der Waals surface area contributed by atoms with Gasteiger partial charge in [0.05, 0.1) is 6.42 Å². The summed E-state index contributed by atoms with van der Waals surface area (Å²) in [7, 11) is 1.50. The first kappa shape index (κ1) is 18.5. The van der Waals surface area contributed by atoms with E-state index in [9.17, 15) is 9.59 Å². The fraction of sp³-hybridized carbons (Fsp3) is 0.300. The number of carboxylic acid groups (broad SMARTS) is 1. The van der Waals surface area contributed by atoms with Crippen LogP contribution in [0.4, 0.5) is 0 Å². The third kappa shape index (κ3) is 5.08. The normalized spacial score (nSPS) is 12.9. The van der Waals surface area contributed by atoms with Crippen LogP contribution in [0, 0.1) is 0 Å². The summed E-state index contributed by atoms with van der Waals surface area (Å²) in [6, 6.07) is 16.4. The van der Waals surface area contributed by atoms with Crippen molar-refractivity contribution in [1.82, 2.24) is 4.90 Å². The van der Waals surface area contributed by atoms with Crippen molar-refractivity contribution in [3.8, 4) is 5.75 Å². The van der Waals surface area contributed by atoms with Gasteiger partial charge < -0.3 is 14.7 Å². The van der Waals surface area contributed by atoms with Crippen molar-refractivity contribution in [2.45, 2.75) is 32.4 Å². The zero-order valence-electron chi connectivity index (χ0n) is 14.7. The highest BCUT2D eigenvalue weighted by Crippen LogP contribution is 2.22. The standard InChI is InChI=1S/C20H23NO4/c1-14(20(23)24)21(3)19(22)13-16-9-11-18(12-10-16)25-15(2)17-7-5-4-6-8-17/h4-12,14-15H,13H2,1-3H3,(H,23,24)/t14-,15+/m0/s1. The molecular weight excluding hydrogens is 318 g/mol. The Morgan fingerprint density at radius 2 is 1.64 bits per heavy atom. The van der Waals surface area contributed by atoms with Crippen molar-refractivity contribution in [3.63, 3.8) is 0 Å². The number of likely N-dealkylation sites (N-methyl/N-ethyl adjacent to an activating group) is 1. The Labute approximate surface area is 147 Å². The molecule has 2 aromatic rings. The van der Waals surface area contributed by atoms with Crippen LogP contribution >= 0.6 is 0 Å². The number of carbonyl (C=O) groups excluding carboxylic acids is 1. The molecule has 0 radical (unpaired) electrons. The molecule has 0 aliphatic rings. The highest BCUT2D eigenvalue weighted by atomic mass is 16.5. The average molecular weight is 341 g/mol. The second-order valence-corrected chi connectivity index (χ2v) is 6.01. The largest absolute Gasteiger partial charge is 0.486 e. The van der Waals surface area contributed by atoms with Gasteiger partial charge in [0, 0.05) is 7.05 Å². The van der Waals surface area contributed by atoms with Gasteiger partial charge in [0.1, 0.15) is 17.9 Å². The van der Waals surface area contributed by atoms with Gasteiger partial charge in [0.2, 0.25) is 5.91 Å². The highest BCUT2D eigenvalue weighted by Gasteiger charge is 2.21. The van der Waals surface area contributed by atoms with Gasteiger partial charge in [0.25, 0.3) is 0 Å². The quantitative estimate of drug-likeness (QED) is 0.839. The zero-order valence-corrected chi connectivity index (χ0v) is 14.7. The van der Waals surface area contributed by atoms with Crippen LogP contribution in [0.1, 0.15) is 31.1 Å². The molecule has 0 aliphatic heterocycles. The Morgan fingerprint density at radius 3 is 2.20 bits per heavy atom. The van der Waals surface area contributed by atoms with Crippen LogP contribution < -0.4 is 4.74 Å². The van der Waals surface area contributed by atoms with Crippen LogP contribution in [0.3, 0.4) is 0 Å². The predicted molar refractivity (Wildman–Crippen MR) is 95.5 cm³/mol. The van der Waals surface area contributed by atoms with Gasteiger partial charge in [0.15, 0.2) is 0 Å². The summed E-state index contributed by atoms with van der Waals surface area (Å²) < 4.78 is 5.90. The highest BCUT2D eigenvalue weighted by molar-refractivity contribution is 5.84. The van der Waals surface area contributed by atoms with Crippen molar-refractivity contribution in [2.24, 2.45) is 0 Å². The molecule has 0 saturated carbocycles. The molecule has 1 amide bonds. The van der Waals surface area contributed by atoms with Crippen LogP contribution in [0.5, 0.6) is 5.75 Å². The first-order valence-electron chi connectivity index (χ1n) is 8.17. The number of ether oxygens (including phenoxy) is 1. The third-order valence-corrected chi connectivity index (χ3v) is 4.19. The first-order valence-corrected chi connectivity index (χ1v) is 8.17. The van der Waals surface area contributed by atoms with Crippen LogP contribution in [0.15, 0.2) is 54.6 Å². The molecule has 132 valence electrons. The summed E-state index contributed by atoms with van der Waals surface area (Å²) >= 11 is 0. The number of nitrogens with zero attached hydrogens (tertiary/aromatic N) is 1. The average Bonchev–Trinajstić information content (AvgIpc) is 2.62. The SMILES string of the molecule is C[C@@H](Oc1ccc(CC(=O)N(C)[C@@H](C)C(=O)O)cc1)c1ccccc1. The maximum Gasteiger partial charge on any atom is 0.326 e. The van der Waals surface area contributed by atoms with Crippen LogP contribution in [0.25, 0.3) is 0 Å². The topological polar surface area (TPSA) is 66.8 Å². The number of hydrogen-bond acceptors (Lipinski definition) is 3. The number of hydrogen-bond donors (Lipinski definition) is 1. The Kier molecular flexibility index (Phi) is 6.17. The lowest BCUT2D eigenvalue weighted by atomic mass is 10.1. The predicted octanol–water partition coefficient (Wildman–Crippen LogP) is 3.30. The molecular formula is C20H23NO4. The van der Waals surface area contributed by atoms with Gasteiger partial charge in [-0.05, 0) is 37.1 Å². The van der Waals surface area contributed by atoms with Crippen LogP contribution in [-0.4, -0.2) is 35.0 Å². The molecule has 0 spiro atoms. The minimum Gasteiger partial charge on any atom is -0.486 e.